The van der Waals surface area contributed by atoms with Crippen molar-refractivity contribution in [2.24, 2.45) is 0 Å². The summed E-state index contributed by atoms with van der Waals surface area (Å²) in [5.74, 6) is 0.844. The fraction of sp³-hybridized carbons (Fsp3) is 0.182. The van der Waals surface area contributed by atoms with Gasteiger partial charge in [-0.3, -0.25) is 5.32 Å². The Kier molecular flexibility index (Phi) is 5.46. The largest absolute Gasteiger partial charge is 0.368 e. The number of benzene rings is 1. The molecule has 0 spiro atoms. The molecule has 0 saturated heterocycles. The van der Waals surface area contributed by atoms with Crippen LogP contribution in [0.25, 0.3) is 21.1 Å². The highest BCUT2D eigenvalue weighted by Gasteiger charge is 2.12. The highest BCUT2D eigenvalue weighted by Crippen LogP contribution is 2.28. The van der Waals surface area contributed by atoms with Crippen molar-refractivity contribution in [3.8, 4) is 0 Å². The van der Waals surface area contributed by atoms with Crippen molar-refractivity contribution in [3.05, 3.63) is 58.3 Å². The minimum Gasteiger partial charge on any atom is -0.368 e. The van der Waals surface area contributed by atoms with E-state index in [9.17, 15) is 4.79 Å². The molecule has 162 valence electrons. The highest BCUT2D eigenvalue weighted by atomic mass is 32.1. The SMILES string of the molecule is Cc1[nH]c2c(NC(=O)Nc3ncc(CCNc4ncnc5ccsc45)s3)cccc2c1C. The standard InChI is InChI=1S/C22H21N7OS2/c1-12-13(2)27-18-15(12)4-3-5-16(18)28-21(30)29-22-24-10-14(32-22)6-8-23-20-19-17(7-9-31-19)25-11-26-20/h3-5,7,9-11,27H,6,8H2,1-2H3,(H,23,25,26)(H2,24,28,29,30). The van der Waals surface area contributed by atoms with Crippen molar-refractivity contribution in [2.45, 2.75) is 20.3 Å². The molecular formula is C22H21N7OS2. The molecule has 2 amide bonds. The molecule has 0 aliphatic rings. The molecule has 32 heavy (non-hydrogen) atoms. The number of aromatic nitrogens is 4. The fourth-order valence-corrected chi connectivity index (χ4v) is 5.16. The predicted octanol–water partition coefficient (Wildman–Crippen LogP) is 5.54. The van der Waals surface area contributed by atoms with Crippen molar-refractivity contribution in [2.75, 3.05) is 22.5 Å². The molecule has 4 heterocycles. The maximum absolute atomic E-state index is 12.5. The second-order valence-corrected chi connectivity index (χ2v) is 9.38. The van der Waals surface area contributed by atoms with E-state index in [1.165, 1.54) is 16.9 Å². The number of H-pyrrole nitrogens is 1. The van der Waals surface area contributed by atoms with Crippen LogP contribution in [0.5, 0.6) is 0 Å². The Morgan fingerprint density at radius 2 is 2.03 bits per heavy atom. The van der Waals surface area contributed by atoms with Crippen LogP contribution in [0.4, 0.5) is 21.4 Å². The Hall–Kier alpha value is -3.50. The van der Waals surface area contributed by atoms with Crippen molar-refractivity contribution in [1.82, 2.24) is 19.9 Å². The van der Waals surface area contributed by atoms with Crippen LogP contribution >= 0.6 is 22.7 Å². The molecule has 5 rings (SSSR count). The number of aromatic amines is 1. The zero-order valence-electron chi connectivity index (χ0n) is 17.5. The van der Waals surface area contributed by atoms with E-state index in [0.717, 1.165) is 49.6 Å². The number of anilines is 3. The van der Waals surface area contributed by atoms with Gasteiger partial charge in [-0.25, -0.2) is 19.7 Å². The molecule has 5 aromatic rings. The van der Waals surface area contributed by atoms with Gasteiger partial charge in [0, 0.05) is 35.1 Å². The third-order valence-electron chi connectivity index (χ3n) is 5.27. The van der Waals surface area contributed by atoms with Crippen molar-refractivity contribution < 1.29 is 4.79 Å². The zero-order chi connectivity index (χ0) is 22.1. The Labute approximate surface area is 192 Å². The fourth-order valence-electron chi connectivity index (χ4n) is 3.54. The number of carbonyl (C=O) groups excluding carboxylic acids is 1. The summed E-state index contributed by atoms with van der Waals surface area (Å²) in [6, 6.07) is 7.53. The van der Waals surface area contributed by atoms with E-state index in [1.54, 1.807) is 23.9 Å². The van der Waals surface area contributed by atoms with Crippen molar-refractivity contribution in [3.63, 3.8) is 0 Å². The molecule has 0 aliphatic heterocycles. The van der Waals surface area contributed by atoms with E-state index in [-0.39, 0.29) is 6.03 Å². The summed E-state index contributed by atoms with van der Waals surface area (Å²) in [6.07, 6.45) is 4.14. The van der Waals surface area contributed by atoms with Crippen LogP contribution in [0, 0.1) is 13.8 Å². The van der Waals surface area contributed by atoms with E-state index in [0.29, 0.717) is 11.7 Å². The summed E-state index contributed by atoms with van der Waals surface area (Å²) >= 11 is 3.08. The Balaban J connectivity index is 1.19. The zero-order valence-corrected chi connectivity index (χ0v) is 19.2. The lowest BCUT2D eigenvalue weighted by Crippen LogP contribution is -2.19. The first-order valence-corrected chi connectivity index (χ1v) is 11.8. The molecule has 1 aromatic carbocycles. The number of amides is 2. The van der Waals surface area contributed by atoms with Crippen molar-refractivity contribution >= 4 is 66.5 Å². The average molecular weight is 464 g/mol. The number of nitrogens with zero attached hydrogens (tertiary/aromatic N) is 3. The van der Waals surface area contributed by atoms with E-state index in [2.05, 4.69) is 42.8 Å². The minimum absolute atomic E-state index is 0.317. The molecule has 4 aromatic heterocycles. The molecule has 0 atom stereocenters. The summed E-state index contributed by atoms with van der Waals surface area (Å²) in [5, 5.41) is 12.8. The molecule has 8 nitrogen and oxygen atoms in total. The number of hydrogen-bond donors (Lipinski definition) is 4. The summed E-state index contributed by atoms with van der Waals surface area (Å²) in [7, 11) is 0. The maximum atomic E-state index is 12.5. The topological polar surface area (TPSA) is 108 Å². The number of thiazole rings is 1. The first-order chi connectivity index (χ1) is 15.6. The molecule has 0 bridgehead atoms. The third kappa shape index (κ3) is 4.02. The van der Waals surface area contributed by atoms with Gasteiger partial charge in [0.15, 0.2) is 5.13 Å². The second-order valence-electron chi connectivity index (χ2n) is 7.35. The Bertz CT molecular complexity index is 1420. The van der Waals surface area contributed by atoms with Gasteiger partial charge in [-0.15, -0.1) is 22.7 Å². The highest BCUT2D eigenvalue weighted by molar-refractivity contribution is 7.17. The Morgan fingerprint density at radius 1 is 1.12 bits per heavy atom. The number of hydrogen-bond acceptors (Lipinski definition) is 7. The van der Waals surface area contributed by atoms with Gasteiger partial charge in [-0.2, -0.15) is 0 Å². The molecule has 0 radical (unpaired) electrons. The lowest BCUT2D eigenvalue weighted by molar-refractivity contribution is 0.262. The molecule has 0 aliphatic carbocycles. The second kappa shape index (κ2) is 8.56. The number of rotatable bonds is 6. The molecule has 10 heteroatoms. The minimum atomic E-state index is -0.317. The summed E-state index contributed by atoms with van der Waals surface area (Å²) in [6.45, 7) is 4.81. The lowest BCUT2D eigenvalue weighted by Gasteiger charge is -2.07. The first-order valence-electron chi connectivity index (χ1n) is 10.1. The number of thiophene rings is 1. The maximum Gasteiger partial charge on any atom is 0.325 e. The average Bonchev–Trinajstić information content (AvgIpc) is 3.50. The number of fused-ring (bicyclic) bond motifs is 2. The van der Waals surface area contributed by atoms with E-state index in [1.807, 2.05) is 36.6 Å². The van der Waals surface area contributed by atoms with Crippen molar-refractivity contribution in [1.29, 1.82) is 0 Å². The van der Waals surface area contributed by atoms with Gasteiger partial charge in [0.05, 0.1) is 21.4 Å². The number of para-hydroxylation sites is 1. The van der Waals surface area contributed by atoms with Crippen LogP contribution in [0.1, 0.15) is 16.1 Å². The summed E-state index contributed by atoms with van der Waals surface area (Å²) in [4.78, 5) is 29.9. The van der Waals surface area contributed by atoms with Gasteiger partial charge in [-0.05, 0) is 36.9 Å². The lowest BCUT2D eigenvalue weighted by atomic mass is 10.1. The quantitative estimate of drug-likeness (QED) is 0.264. The molecule has 0 unspecified atom stereocenters. The first kappa shape index (κ1) is 20.4. The van der Waals surface area contributed by atoms with E-state index >= 15 is 0 Å². The molecule has 0 saturated carbocycles. The molecule has 4 N–H and O–H groups in total. The van der Waals surface area contributed by atoms with E-state index < -0.39 is 0 Å². The van der Waals surface area contributed by atoms with Gasteiger partial charge in [0.1, 0.15) is 12.1 Å². The van der Waals surface area contributed by atoms with Crippen LogP contribution in [0.15, 0.2) is 42.2 Å². The molecule has 0 fully saturated rings. The number of urea groups is 1. The van der Waals surface area contributed by atoms with Gasteiger partial charge in [0.25, 0.3) is 0 Å². The molecular weight excluding hydrogens is 442 g/mol. The van der Waals surface area contributed by atoms with Gasteiger partial charge >= 0.3 is 6.03 Å². The van der Waals surface area contributed by atoms with Gasteiger partial charge in [0.2, 0.25) is 0 Å². The van der Waals surface area contributed by atoms with Gasteiger partial charge in [-0.1, -0.05) is 12.1 Å². The van der Waals surface area contributed by atoms with Crippen LogP contribution in [-0.4, -0.2) is 32.5 Å². The van der Waals surface area contributed by atoms with Crippen LogP contribution in [0.2, 0.25) is 0 Å². The van der Waals surface area contributed by atoms with Crippen LogP contribution in [-0.2, 0) is 6.42 Å². The summed E-state index contributed by atoms with van der Waals surface area (Å²) < 4.78 is 1.05. The monoisotopic (exact) mass is 463 g/mol. The number of nitrogens with one attached hydrogen (secondary N) is 4. The van der Waals surface area contributed by atoms with Gasteiger partial charge < -0.3 is 15.6 Å². The van der Waals surface area contributed by atoms with E-state index in [4.69, 9.17) is 0 Å². The van der Waals surface area contributed by atoms with Crippen LogP contribution in [0.3, 0.4) is 0 Å². The third-order valence-corrected chi connectivity index (χ3v) is 7.16. The predicted molar refractivity (Wildman–Crippen MR) is 132 cm³/mol. The Morgan fingerprint density at radius 3 is 2.94 bits per heavy atom. The number of carbonyl (C=O) groups is 1. The smallest absolute Gasteiger partial charge is 0.325 e. The number of aryl methyl sites for hydroxylation is 2. The normalized spacial score (nSPS) is 11.2. The van der Waals surface area contributed by atoms with Crippen LogP contribution < -0.4 is 16.0 Å². The summed E-state index contributed by atoms with van der Waals surface area (Å²) in [5.41, 5.74) is 4.89.